The average Bonchev–Trinajstić information content (AvgIpc) is 3.23. The van der Waals surface area contributed by atoms with Crippen LogP contribution in [0.1, 0.15) is 19.8 Å². The van der Waals surface area contributed by atoms with E-state index in [-0.39, 0.29) is 30.0 Å². The Morgan fingerprint density at radius 2 is 1.64 bits per heavy atom. The van der Waals surface area contributed by atoms with Gasteiger partial charge in [0.05, 0.1) is 6.10 Å². The summed E-state index contributed by atoms with van der Waals surface area (Å²) in [5.74, 6) is -0.463. The summed E-state index contributed by atoms with van der Waals surface area (Å²) >= 11 is 0. The molecule has 4 amide bonds. The monoisotopic (exact) mass is 343 g/mol. The van der Waals surface area contributed by atoms with Crippen LogP contribution in [0, 0.1) is 0 Å². The van der Waals surface area contributed by atoms with Crippen LogP contribution in [-0.2, 0) is 14.3 Å². The largest absolute Gasteiger partial charge is 0.380 e. The Kier molecular flexibility index (Phi) is 3.76. The van der Waals surface area contributed by atoms with Crippen molar-refractivity contribution in [2.24, 2.45) is 0 Å². The number of ether oxygens (including phenoxy) is 1. The molecule has 3 fully saturated rings. The quantitative estimate of drug-likeness (QED) is 0.774. The van der Waals surface area contributed by atoms with E-state index in [4.69, 9.17) is 4.74 Å². The van der Waals surface area contributed by atoms with Gasteiger partial charge in [-0.3, -0.25) is 9.59 Å². The minimum absolute atomic E-state index is 0.0670. The standard InChI is InChI=1S/C18H21N3O4/c1-11-8-15(17(23)20(11)12-6-4-3-5-7-12)21-16(22)14-9-13(25-2)10-19(14)18(21)24/h3-7,11,13-15H,8-10H2,1-2H3/t11-,13-,14-,15-/m1/s1. The molecule has 0 saturated carbocycles. The predicted octanol–water partition coefficient (Wildman–Crippen LogP) is 1.23. The molecule has 3 saturated heterocycles. The summed E-state index contributed by atoms with van der Waals surface area (Å²) in [6.07, 6.45) is 0.842. The second-order valence-electron chi connectivity index (χ2n) is 6.90. The van der Waals surface area contributed by atoms with Crippen molar-refractivity contribution in [3.05, 3.63) is 30.3 Å². The molecule has 7 heteroatoms. The van der Waals surface area contributed by atoms with Gasteiger partial charge >= 0.3 is 6.03 Å². The molecule has 0 spiro atoms. The summed E-state index contributed by atoms with van der Waals surface area (Å²) in [5.41, 5.74) is 0.793. The molecule has 0 unspecified atom stereocenters. The Balaban J connectivity index is 1.58. The Morgan fingerprint density at radius 1 is 0.960 bits per heavy atom. The number of methoxy groups -OCH3 is 1. The summed E-state index contributed by atoms with van der Waals surface area (Å²) in [7, 11) is 1.58. The molecule has 3 heterocycles. The lowest BCUT2D eigenvalue weighted by Crippen LogP contribution is -2.47. The maximum absolute atomic E-state index is 13.0. The number of rotatable bonds is 3. The van der Waals surface area contributed by atoms with Crippen molar-refractivity contribution in [2.45, 2.75) is 44.0 Å². The fourth-order valence-corrected chi connectivity index (χ4v) is 4.19. The molecule has 0 aliphatic carbocycles. The van der Waals surface area contributed by atoms with Crippen LogP contribution >= 0.6 is 0 Å². The lowest BCUT2D eigenvalue weighted by atomic mass is 10.1. The van der Waals surface area contributed by atoms with E-state index in [9.17, 15) is 14.4 Å². The Labute approximate surface area is 146 Å². The maximum Gasteiger partial charge on any atom is 0.328 e. The number of fused-ring (bicyclic) bond motifs is 1. The van der Waals surface area contributed by atoms with E-state index < -0.39 is 12.1 Å². The van der Waals surface area contributed by atoms with Gasteiger partial charge in [-0.25, -0.2) is 9.69 Å². The first-order chi connectivity index (χ1) is 12.0. The number of urea groups is 1. The van der Waals surface area contributed by atoms with E-state index >= 15 is 0 Å². The molecule has 0 bridgehead atoms. The number of carbonyl (C=O) groups excluding carboxylic acids is 3. The SMILES string of the molecule is CO[C@@H]1C[C@@H]2C(=O)N([C@@H]3C[C@@H](C)N(c4ccccc4)C3=O)C(=O)N2C1. The van der Waals surface area contributed by atoms with Crippen LogP contribution in [0.5, 0.6) is 0 Å². The number of amides is 4. The number of imide groups is 1. The van der Waals surface area contributed by atoms with Gasteiger partial charge in [0.1, 0.15) is 12.1 Å². The molecule has 25 heavy (non-hydrogen) atoms. The highest BCUT2D eigenvalue weighted by Crippen LogP contribution is 2.35. The van der Waals surface area contributed by atoms with E-state index in [0.717, 1.165) is 5.69 Å². The Bertz CT molecular complexity index is 698. The highest BCUT2D eigenvalue weighted by molar-refractivity contribution is 6.11. The van der Waals surface area contributed by atoms with Crippen LogP contribution in [0.4, 0.5) is 10.5 Å². The maximum atomic E-state index is 13.0. The van der Waals surface area contributed by atoms with Gasteiger partial charge in [-0.2, -0.15) is 0 Å². The molecule has 1 aromatic rings. The first-order valence-electron chi connectivity index (χ1n) is 8.57. The van der Waals surface area contributed by atoms with Crippen molar-refractivity contribution in [3.63, 3.8) is 0 Å². The third-order valence-corrected chi connectivity index (χ3v) is 5.44. The van der Waals surface area contributed by atoms with Gasteiger partial charge in [0.15, 0.2) is 0 Å². The lowest BCUT2D eigenvalue weighted by Gasteiger charge is -2.23. The number of carbonyl (C=O) groups is 3. The van der Waals surface area contributed by atoms with Crippen LogP contribution in [0.25, 0.3) is 0 Å². The van der Waals surface area contributed by atoms with Crippen molar-refractivity contribution >= 4 is 23.5 Å². The molecular formula is C18H21N3O4. The van der Waals surface area contributed by atoms with E-state index in [0.29, 0.717) is 19.4 Å². The molecule has 0 N–H and O–H groups in total. The molecule has 3 aliphatic rings. The highest BCUT2D eigenvalue weighted by Gasteiger charge is 2.56. The fourth-order valence-electron chi connectivity index (χ4n) is 4.19. The zero-order valence-corrected chi connectivity index (χ0v) is 14.3. The second-order valence-corrected chi connectivity index (χ2v) is 6.90. The molecule has 0 radical (unpaired) electrons. The van der Waals surface area contributed by atoms with Gasteiger partial charge in [0.25, 0.3) is 11.8 Å². The minimum atomic E-state index is -0.721. The smallest absolute Gasteiger partial charge is 0.328 e. The van der Waals surface area contributed by atoms with Crippen molar-refractivity contribution in [1.29, 1.82) is 0 Å². The van der Waals surface area contributed by atoms with Gasteiger partial charge < -0.3 is 14.5 Å². The zero-order valence-electron chi connectivity index (χ0n) is 14.3. The molecular weight excluding hydrogens is 322 g/mol. The molecule has 4 rings (SSSR count). The molecule has 0 aromatic heterocycles. The molecule has 4 atom stereocenters. The third-order valence-electron chi connectivity index (χ3n) is 5.44. The second kappa shape index (κ2) is 5.84. The zero-order chi connectivity index (χ0) is 17.7. The van der Waals surface area contributed by atoms with Crippen LogP contribution in [0.2, 0.25) is 0 Å². The minimum Gasteiger partial charge on any atom is -0.380 e. The number of benzene rings is 1. The van der Waals surface area contributed by atoms with Gasteiger partial charge in [-0.05, 0) is 25.5 Å². The summed E-state index contributed by atoms with van der Waals surface area (Å²) in [6.45, 7) is 2.35. The van der Waals surface area contributed by atoms with Gasteiger partial charge in [0, 0.05) is 31.8 Å². The van der Waals surface area contributed by atoms with Crippen LogP contribution in [0.15, 0.2) is 30.3 Å². The number of para-hydroxylation sites is 1. The summed E-state index contributed by atoms with van der Waals surface area (Å²) in [5, 5.41) is 0. The molecule has 132 valence electrons. The van der Waals surface area contributed by atoms with Gasteiger partial charge in [-0.15, -0.1) is 0 Å². The topological polar surface area (TPSA) is 70.2 Å². The van der Waals surface area contributed by atoms with E-state index in [1.165, 1.54) is 4.90 Å². The van der Waals surface area contributed by atoms with Crippen LogP contribution in [0.3, 0.4) is 0 Å². The third kappa shape index (κ3) is 2.33. The van der Waals surface area contributed by atoms with Crippen molar-refractivity contribution in [1.82, 2.24) is 9.80 Å². The molecule has 7 nitrogen and oxygen atoms in total. The van der Waals surface area contributed by atoms with E-state index in [2.05, 4.69) is 0 Å². The fraction of sp³-hybridized carbons (Fsp3) is 0.500. The van der Waals surface area contributed by atoms with Crippen LogP contribution in [-0.4, -0.2) is 65.5 Å². The lowest BCUT2D eigenvalue weighted by molar-refractivity contribution is -0.134. The number of hydrogen-bond acceptors (Lipinski definition) is 4. The van der Waals surface area contributed by atoms with Crippen LogP contribution < -0.4 is 4.90 Å². The number of hydrogen-bond donors (Lipinski definition) is 0. The summed E-state index contributed by atoms with van der Waals surface area (Å²) < 4.78 is 5.28. The molecule has 1 aromatic carbocycles. The average molecular weight is 343 g/mol. The van der Waals surface area contributed by atoms with Gasteiger partial charge in [-0.1, -0.05) is 18.2 Å². The first kappa shape index (κ1) is 16.1. The summed E-state index contributed by atoms with van der Waals surface area (Å²) in [4.78, 5) is 42.9. The highest BCUT2D eigenvalue weighted by atomic mass is 16.5. The summed E-state index contributed by atoms with van der Waals surface area (Å²) in [6, 6.07) is 7.72. The van der Waals surface area contributed by atoms with E-state index in [1.807, 2.05) is 37.3 Å². The number of anilines is 1. The predicted molar refractivity (Wildman–Crippen MR) is 89.9 cm³/mol. The molecule has 3 aliphatic heterocycles. The Morgan fingerprint density at radius 3 is 2.28 bits per heavy atom. The van der Waals surface area contributed by atoms with Crippen molar-refractivity contribution in [2.75, 3.05) is 18.6 Å². The normalized spacial score (nSPS) is 32.1. The first-order valence-corrected chi connectivity index (χ1v) is 8.57. The number of nitrogens with zero attached hydrogens (tertiary/aromatic N) is 3. The Hall–Kier alpha value is -2.41. The van der Waals surface area contributed by atoms with Crippen molar-refractivity contribution in [3.8, 4) is 0 Å². The van der Waals surface area contributed by atoms with E-state index in [1.54, 1.807) is 16.9 Å². The van der Waals surface area contributed by atoms with Gasteiger partial charge in [0.2, 0.25) is 0 Å². The van der Waals surface area contributed by atoms with Crippen molar-refractivity contribution < 1.29 is 19.1 Å².